The van der Waals surface area contributed by atoms with Crippen molar-refractivity contribution in [2.24, 2.45) is 5.92 Å². The van der Waals surface area contributed by atoms with Crippen LogP contribution in [-0.2, 0) is 35.5 Å². The summed E-state index contributed by atoms with van der Waals surface area (Å²) in [6.07, 6.45) is -1.26. The number of hydrogen-bond acceptors (Lipinski definition) is 9. The number of rotatable bonds is 13. The summed E-state index contributed by atoms with van der Waals surface area (Å²) in [5, 5.41) is 14.2. The molecule has 0 bridgehead atoms. The van der Waals surface area contributed by atoms with E-state index in [9.17, 15) is 18.3 Å². The van der Waals surface area contributed by atoms with Crippen molar-refractivity contribution in [3.05, 3.63) is 60.2 Å². The van der Waals surface area contributed by atoms with E-state index in [0.717, 1.165) is 16.5 Å². The fourth-order valence-electron chi connectivity index (χ4n) is 4.90. The molecule has 4 rings (SSSR count). The van der Waals surface area contributed by atoms with Crippen LogP contribution in [0.5, 0.6) is 0 Å². The fraction of sp³-hybridized carbons (Fsp3) is 0.536. The first-order valence-corrected chi connectivity index (χ1v) is 15.1. The molecule has 0 aromatic heterocycles. The van der Waals surface area contributed by atoms with Crippen LogP contribution in [0.25, 0.3) is 0 Å². The Bertz CT molecular complexity index is 1210. The molecule has 0 unspecified atom stereocenters. The summed E-state index contributed by atoms with van der Waals surface area (Å²) in [7, 11) is -4.20. The van der Waals surface area contributed by atoms with Gasteiger partial charge in [-0.05, 0) is 49.4 Å². The molecular weight excluding hydrogens is 538 g/mol. The molecule has 2 aliphatic heterocycles. The highest BCUT2D eigenvalue weighted by atomic mass is 32.2. The first-order chi connectivity index (χ1) is 19.2. The van der Waals surface area contributed by atoms with Crippen LogP contribution in [0, 0.1) is 5.92 Å². The summed E-state index contributed by atoms with van der Waals surface area (Å²) < 4.78 is 44.8. The SMILES string of the molecule is CCC(CC)ON(C[C@@H](O)[C@H](Cc1ccccc1)NC(=O)O[C@H]1CO[C@H]2OCC[C@H]21)S(=O)(=O)c1cccc(N)c1. The van der Waals surface area contributed by atoms with Crippen LogP contribution in [0.4, 0.5) is 10.5 Å². The molecule has 40 heavy (non-hydrogen) atoms. The van der Waals surface area contributed by atoms with E-state index in [0.29, 0.717) is 19.4 Å². The molecule has 1 amide bonds. The van der Waals surface area contributed by atoms with Gasteiger partial charge in [0, 0.05) is 5.69 Å². The number of nitrogens with zero attached hydrogens (tertiary/aromatic N) is 1. The summed E-state index contributed by atoms with van der Waals surface area (Å²) in [4.78, 5) is 18.8. The zero-order chi connectivity index (χ0) is 28.7. The van der Waals surface area contributed by atoms with Crippen molar-refractivity contribution in [1.82, 2.24) is 9.79 Å². The van der Waals surface area contributed by atoms with Gasteiger partial charge in [-0.1, -0.05) is 54.7 Å². The van der Waals surface area contributed by atoms with Crippen LogP contribution in [-0.4, -0.2) is 74.5 Å². The average molecular weight is 578 g/mol. The molecule has 0 radical (unpaired) electrons. The number of carbonyl (C=O) groups excluding carboxylic acids is 1. The van der Waals surface area contributed by atoms with Gasteiger partial charge in [-0.2, -0.15) is 0 Å². The van der Waals surface area contributed by atoms with E-state index in [1.54, 1.807) is 6.07 Å². The number of hydroxylamine groups is 1. The lowest BCUT2D eigenvalue weighted by molar-refractivity contribution is -0.149. The molecule has 11 nitrogen and oxygen atoms in total. The van der Waals surface area contributed by atoms with Gasteiger partial charge in [0.05, 0.1) is 48.8 Å². The molecule has 2 fully saturated rings. The van der Waals surface area contributed by atoms with Crippen LogP contribution < -0.4 is 11.1 Å². The number of benzene rings is 2. The van der Waals surface area contributed by atoms with E-state index in [-0.39, 0.29) is 35.8 Å². The predicted molar refractivity (Wildman–Crippen MR) is 147 cm³/mol. The molecule has 0 saturated carbocycles. The number of hydrogen-bond donors (Lipinski definition) is 3. The number of nitrogens with two attached hydrogens (primary N) is 1. The predicted octanol–water partition coefficient (Wildman–Crippen LogP) is 2.84. The third-order valence-electron chi connectivity index (χ3n) is 7.25. The highest BCUT2D eigenvalue weighted by Gasteiger charge is 2.44. The number of aliphatic hydroxyl groups is 1. The van der Waals surface area contributed by atoms with Gasteiger partial charge in [-0.25, -0.2) is 13.2 Å². The van der Waals surface area contributed by atoms with Crippen LogP contribution >= 0.6 is 0 Å². The maximum absolute atomic E-state index is 13.6. The standard InChI is InChI=1S/C28H39N3O8S/c1-3-21(4-2)39-31(40(34,35)22-12-8-11-20(29)16-22)17-25(32)24(15-19-9-6-5-7-10-19)30-28(33)38-26-18-37-27-23(26)13-14-36-27/h5-12,16,21,23-27,32H,3-4,13-15,17-18,29H2,1-2H3,(H,30,33)/t23-,24-,25+,26-,27+/m0/s1. The number of fused-ring (bicyclic) bond motifs is 1. The molecule has 0 spiro atoms. The summed E-state index contributed by atoms with van der Waals surface area (Å²) in [5.41, 5.74) is 6.97. The average Bonchev–Trinajstić information content (AvgIpc) is 3.56. The number of anilines is 1. The molecule has 4 N–H and O–H groups in total. The van der Waals surface area contributed by atoms with E-state index in [2.05, 4.69) is 5.32 Å². The largest absolute Gasteiger partial charge is 0.443 e. The smallest absolute Gasteiger partial charge is 0.407 e. The summed E-state index contributed by atoms with van der Waals surface area (Å²) in [6.45, 7) is 4.11. The second-order valence-corrected chi connectivity index (χ2v) is 11.9. The number of sulfonamides is 1. The third-order valence-corrected chi connectivity index (χ3v) is 8.87. The van der Waals surface area contributed by atoms with Crippen molar-refractivity contribution < 1.29 is 37.4 Å². The van der Waals surface area contributed by atoms with Gasteiger partial charge in [0.2, 0.25) is 0 Å². The fourth-order valence-corrected chi connectivity index (χ4v) is 6.25. The summed E-state index contributed by atoms with van der Waals surface area (Å²) in [6, 6.07) is 14.3. The number of ether oxygens (including phenoxy) is 3. The number of carbonyl (C=O) groups is 1. The van der Waals surface area contributed by atoms with E-state index in [1.807, 2.05) is 44.2 Å². The number of alkyl carbamates (subject to hydrolysis) is 1. The minimum atomic E-state index is -4.20. The highest BCUT2D eigenvalue weighted by molar-refractivity contribution is 7.89. The first kappa shape index (κ1) is 30.2. The van der Waals surface area contributed by atoms with Crippen molar-refractivity contribution in [2.75, 3.05) is 25.5 Å². The van der Waals surface area contributed by atoms with Crippen LogP contribution in [0.15, 0.2) is 59.5 Å². The molecule has 220 valence electrons. The van der Waals surface area contributed by atoms with E-state index < -0.39 is 47.0 Å². The minimum absolute atomic E-state index is 0.0457. The van der Waals surface area contributed by atoms with Crippen molar-refractivity contribution in [2.45, 2.75) is 75.1 Å². The summed E-state index contributed by atoms with van der Waals surface area (Å²) >= 11 is 0. The van der Waals surface area contributed by atoms with Gasteiger partial charge in [0.25, 0.3) is 10.0 Å². The Labute approximate surface area is 235 Å². The van der Waals surface area contributed by atoms with Crippen molar-refractivity contribution >= 4 is 21.8 Å². The zero-order valence-corrected chi connectivity index (χ0v) is 23.7. The molecule has 2 heterocycles. The van der Waals surface area contributed by atoms with Gasteiger partial charge in [0.15, 0.2) is 6.29 Å². The quantitative estimate of drug-likeness (QED) is 0.241. The Balaban J connectivity index is 1.54. The second kappa shape index (κ2) is 13.7. The maximum Gasteiger partial charge on any atom is 0.407 e. The Hall–Kier alpha value is -2.74. The Morgan fingerprint density at radius 3 is 2.60 bits per heavy atom. The molecule has 2 aromatic carbocycles. The van der Waals surface area contributed by atoms with E-state index >= 15 is 0 Å². The van der Waals surface area contributed by atoms with Gasteiger partial charge < -0.3 is 30.4 Å². The molecule has 2 aromatic rings. The van der Waals surface area contributed by atoms with E-state index in [4.69, 9.17) is 24.8 Å². The number of nitrogen functional groups attached to an aromatic ring is 1. The molecule has 2 aliphatic rings. The number of nitrogens with one attached hydrogen (secondary N) is 1. The Morgan fingerprint density at radius 2 is 1.90 bits per heavy atom. The molecule has 5 atom stereocenters. The van der Waals surface area contributed by atoms with Gasteiger partial charge in [-0.15, -0.1) is 0 Å². The monoisotopic (exact) mass is 577 g/mol. The zero-order valence-electron chi connectivity index (χ0n) is 22.8. The topological polar surface area (TPSA) is 150 Å². The minimum Gasteiger partial charge on any atom is -0.443 e. The van der Waals surface area contributed by atoms with Crippen LogP contribution in [0.2, 0.25) is 0 Å². The molecule has 0 aliphatic carbocycles. The van der Waals surface area contributed by atoms with Gasteiger partial charge >= 0.3 is 6.09 Å². The lowest BCUT2D eigenvalue weighted by Gasteiger charge is -2.31. The van der Waals surface area contributed by atoms with E-state index in [1.165, 1.54) is 18.2 Å². The Morgan fingerprint density at radius 1 is 1.15 bits per heavy atom. The molecule has 2 saturated heterocycles. The van der Waals surface area contributed by atoms with Gasteiger partial charge in [-0.3, -0.25) is 4.84 Å². The maximum atomic E-state index is 13.6. The van der Waals surface area contributed by atoms with Crippen molar-refractivity contribution in [3.8, 4) is 0 Å². The Kier molecular flexibility index (Phi) is 10.4. The molecular formula is C28H39N3O8S. The highest BCUT2D eigenvalue weighted by Crippen LogP contribution is 2.33. The second-order valence-electron chi connectivity index (χ2n) is 10.1. The van der Waals surface area contributed by atoms with Crippen molar-refractivity contribution in [3.63, 3.8) is 0 Å². The first-order valence-electron chi connectivity index (χ1n) is 13.7. The normalized spacial score (nSPS) is 22.3. The third kappa shape index (κ3) is 7.50. The number of amides is 1. The molecule has 12 heteroatoms. The summed E-state index contributed by atoms with van der Waals surface area (Å²) in [5.74, 6) is -0.0457. The van der Waals surface area contributed by atoms with Crippen molar-refractivity contribution in [1.29, 1.82) is 0 Å². The lowest BCUT2D eigenvalue weighted by Crippen LogP contribution is -2.51. The van der Waals surface area contributed by atoms with Crippen LogP contribution in [0.3, 0.4) is 0 Å². The van der Waals surface area contributed by atoms with Crippen LogP contribution in [0.1, 0.15) is 38.7 Å². The van der Waals surface area contributed by atoms with Gasteiger partial charge in [0.1, 0.15) is 6.10 Å². The number of aliphatic hydroxyl groups excluding tert-OH is 1. The lowest BCUT2D eigenvalue weighted by atomic mass is 10.0.